The predicted molar refractivity (Wildman–Crippen MR) is 79.5 cm³/mol. The van der Waals surface area contributed by atoms with E-state index >= 15 is 0 Å². The Morgan fingerprint density at radius 1 is 1.15 bits per heavy atom. The molecular formula is C15H23N3O2. The average Bonchev–Trinajstić information content (AvgIpc) is 2.40. The molecule has 0 saturated carbocycles. The van der Waals surface area contributed by atoms with E-state index in [2.05, 4.69) is 34.1 Å². The first-order valence-corrected chi connectivity index (χ1v) is 6.71. The molecule has 0 heterocycles. The van der Waals surface area contributed by atoms with Gasteiger partial charge < -0.3 is 5.32 Å². The van der Waals surface area contributed by atoms with Crippen LogP contribution in [0.25, 0.3) is 0 Å². The van der Waals surface area contributed by atoms with Crippen LogP contribution in [0, 0.1) is 13.8 Å². The molecule has 0 radical (unpaired) electrons. The summed E-state index contributed by atoms with van der Waals surface area (Å²) in [5, 5.41) is 7.82. The van der Waals surface area contributed by atoms with Crippen molar-refractivity contribution in [1.29, 1.82) is 0 Å². The molecular weight excluding hydrogens is 254 g/mol. The monoisotopic (exact) mass is 277 g/mol. The highest BCUT2D eigenvalue weighted by Gasteiger charge is 2.18. The van der Waals surface area contributed by atoms with Gasteiger partial charge in [0, 0.05) is 13.1 Å². The number of hydrogen-bond donors (Lipinski definition) is 3. The van der Waals surface area contributed by atoms with E-state index in [1.54, 1.807) is 6.92 Å². The van der Waals surface area contributed by atoms with Gasteiger partial charge in [0.25, 0.3) is 0 Å². The zero-order valence-corrected chi connectivity index (χ0v) is 12.7. The highest BCUT2D eigenvalue weighted by atomic mass is 16.2. The number of carbonyl (C=O) groups excluding carboxylic acids is 2. The third-order valence-corrected chi connectivity index (χ3v) is 3.26. The van der Waals surface area contributed by atoms with Gasteiger partial charge >= 0.3 is 6.03 Å². The summed E-state index contributed by atoms with van der Waals surface area (Å²) in [6.45, 7) is 7.82. The SMILES string of the molecule is CNC(=O)NC(=O)[C@@H](C)N[C@@H](C)c1cc(C)ccc1C. The summed E-state index contributed by atoms with van der Waals surface area (Å²) < 4.78 is 0. The van der Waals surface area contributed by atoms with Gasteiger partial charge in [-0.25, -0.2) is 4.79 Å². The van der Waals surface area contributed by atoms with Crippen molar-refractivity contribution >= 4 is 11.9 Å². The quantitative estimate of drug-likeness (QED) is 0.786. The molecule has 3 N–H and O–H groups in total. The minimum atomic E-state index is -0.497. The van der Waals surface area contributed by atoms with Gasteiger partial charge in [-0.2, -0.15) is 0 Å². The van der Waals surface area contributed by atoms with Gasteiger partial charge in [-0.15, -0.1) is 0 Å². The van der Waals surface area contributed by atoms with Gasteiger partial charge in [0.05, 0.1) is 6.04 Å². The lowest BCUT2D eigenvalue weighted by Gasteiger charge is -2.21. The van der Waals surface area contributed by atoms with E-state index in [0.29, 0.717) is 0 Å². The smallest absolute Gasteiger partial charge is 0.321 e. The molecule has 3 amide bonds. The average molecular weight is 277 g/mol. The summed E-state index contributed by atoms with van der Waals surface area (Å²) in [7, 11) is 1.47. The molecule has 0 saturated heterocycles. The number of rotatable bonds is 4. The molecule has 110 valence electrons. The number of carbonyl (C=O) groups is 2. The molecule has 0 aliphatic carbocycles. The van der Waals surface area contributed by atoms with Crippen LogP contribution in [-0.4, -0.2) is 25.0 Å². The summed E-state index contributed by atoms with van der Waals surface area (Å²) in [6, 6.07) is 5.31. The Morgan fingerprint density at radius 2 is 1.80 bits per heavy atom. The fraction of sp³-hybridized carbons (Fsp3) is 0.467. The highest BCUT2D eigenvalue weighted by Crippen LogP contribution is 2.19. The fourth-order valence-corrected chi connectivity index (χ4v) is 2.05. The maximum absolute atomic E-state index is 11.8. The van der Waals surface area contributed by atoms with Crippen molar-refractivity contribution < 1.29 is 9.59 Å². The van der Waals surface area contributed by atoms with Crippen molar-refractivity contribution in [3.63, 3.8) is 0 Å². The molecule has 5 heteroatoms. The van der Waals surface area contributed by atoms with Crippen molar-refractivity contribution in [2.24, 2.45) is 0 Å². The Balaban J connectivity index is 2.70. The van der Waals surface area contributed by atoms with E-state index in [-0.39, 0.29) is 11.9 Å². The lowest BCUT2D eigenvalue weighted by molar-refractivity contribution is -0.121. The van der Waals surface area contributed by atoms with Crippen LogP contribution < -0.4 is 16.0 Å². The van der Waals surface area contributed by atoms with Crippen LogP contribution in [0.3, 0.4) is 0 Å². The first-order chi connectivity index (χ1) is 9.35. The molecule has 0 aromatic heterocycles. The molecule has 2 atom stereocenters. The second-order valence-corrected chi connectivity index (χ2v) is 5.04. The van der Waals surface area contributed by atoms with Crippen molar-refractivity contribution in [1.82, 2.24) is 16.0 Å². The lowest BCUT2D eigenvalue weighted by Crippen LogP contribution is -2.47. The van der Waals surface area contributed by atoms with Crippen molar-refractivity contribution in [3.05, 3.63) is 34.9 Å². The van der Waals surface area contributed by atoms with E-state index in [1.807, 2.05) is 20.8 Å². The number of imide groups is 1. The van der Waals surface area contributed by atoms with E-state index in [0.717, 1.165) is 5.56 Å². The number of amides is 3. The number of aryl methyl sites for hydroxylation is 2. The standard InChI is InChI=1S/C15H23N3O2/c1-9-6-7-10(2)13(8-9)11(3)17-12(4)14(19)18-15(20)16-5/h6-8,11-12,17H,1-5H3,(H2,16,18,19,20)/t11-,12+/m0/s1. The zero-order valence-electron chi connectivity index (χ0n) is 12.7. The van der Waals surface area contributed by atoms with Crippen LogP contribution >= 0.6 is 0 Å². The first kappa shape index (κ1) is 16.2. The van der Waals surface area contributed by atoms with Crippen LogP contribution in [-0.2, 0) is 4.79 Å². The molecule has 0 unspecified atom stereocenters. The predicted octanol–water partition coefficient (Wildman–Crippen LogP) is 1.80. The maximum atomic E-state index is 11.8. The topological polar surface area (TPSA) is 70.2 Å². The number of nitrogens with one attached hydrogen (secondary N) is 3. The minimum Gasteiger partial charge on any atom is -0.341 e. The molecule has 5 nitrogen and oxygen atoms in total. The molecule has 0 aliphatic rings. The Kier molecular flexibility index (Phi) is 5.70. The zero-order chi connectivity index (χ0) is 15.3. The van der Waals surface area contributed by atoms with Gasteiger partial charge in [-0.3, -0.25) is 15.4 Å². The molecule has 1 aromatic rings. The largest absolute Gasteiger partial charge is 0.341 e. The number of urea groups is 1. The lowest BCUT2D eigenvalue weighted by atomic mass is 9.99. The molecule has 0 aliphatic heterocycles. The number of benzene rings is 1. The van der Waals surface area contributed by atoms with Crippen LogP contribution in [0.1, 0.15) is 36.6 Å². The summed E-state index contributed by atoms with van der Waals surface area (Å²) in [5.41, 5.74) is 3.51. The summed E-state index contributed by atoms with van der Waals surface area (Å²) in [4.78, 5) is 22.9. The van der Waals surface area contributed by atoms with Crippen molar-refractivity contribution in [2.45, 2.75) is 39.8 Å². The van der Waals surface area contributed by atoms with Gasteiger partial charge in [0.15, 0.2) is 0 Å². The maximum Gasteiger partial charge on any atom is 0.321 e. The Bertz CT molecular complexity index is 500. The Morgan fingerprint density at radius 3 is 2.40 bits per heavy atom. The molecule has 1 rings (SSSR count). The summed E-state index contributed by atoms with van der Waals surface area (Å²) in [6.07, 6.45) is 0. The first-order valence-electron chi connectivity index (χ1n) is 6.71. The number of hydrogen-bond acceptors (Lipinski definition) is 3. The molecule has 0 fully saturated rings. The summed E-state index contributed by atoms with van der Waals surface area (Å²) >= 11 is 0. The Labute approximate surface area is 120 Å². The van der Waals surface area contributed by atoms with Gasteiger partial charge in [0.2, 0.25) is 5.91 Å². The van der Waals surface area contributed by atoms with Crippen LogP contribution in [0.4, 0.5) is 4.79 Å². The van der Waals surface area contributed by atoms with Gasteiger partial charge in [0.1, 0.15) is 0 Å². The van der Waals surface area contributed by atoms with Crippen LogP contribution in [0.2, 0.25) is 0 Å². The van der Waals surface area contributed by atoms with E-state index in [9.17, 15) is 9.59 Å². The van der Waals surface area contributed by atoms with Gasteiger partial charge in [-0.1, -0.05) is 23.8 Å². The molecule has 1 aromatic carbocycles. The Hall–Kier alpha value is -1.88. The molecule has 20 heavy (non-hydrogen) atoms. The van der Waals surface area contributed by atoms with Crippen LogP contribution in [0.15, 0.2) is 18.2 Å². The second kappa shape index (κ2) is 7.05. The second-order valence-electron chi connectivity index (χ2n) is 5.04. The normalized spacial score (nSPS) is 13.4. The van der Waals surface area contributed by atoms with Crippen molar-refractivity contribution in [2.75, 3.05) is 7.05 Å². The minimum absolute atomic E-state index is 0.0281. The van der Waals surface area contributed by atoms with E-state index in [4.69, 9.17) is 0 Å². The van der Waals surface area contributed by atoms with Gasteiger partial charge in [-0.05, 0) is 38.8 Å². The van der Waals surface area contributed by atoms with Crippen LogP contribution in [0.5, 0.6) is 0 Å². The van der Waals surface area contributed by atoms with Crippen molar-refractivity contribution in [3.8, 4) is 0 Å². The molecule has 0 bridgehead atoms. The third-order valence-electron chi connectivity index (χ3n) is 3.26. The van der Waals surface area contributed by atoms with E-state index in [1.165, 1.54) is 18.2 Å². The summed E-state index contributed by atoms with van der Waals surface area (Å²) in [5.74, 6) is -0.346. The highest BCUT2D eigenvalue weighted by molar-refractivity contribution is 5.96. The molecule has 0 spiro atoms. The third kappa shape index (κ3) is 4.35. The fourth-order valence-electron chi connectivity index (χ4n) is 2.05. The van der Waals surface area contributed by atoms with E-state index < -0.39 is 12.1 Å².